The molecular weight excluding hydrogens is 270 g/mol. The second kappa shape index (κ2) is 6.18. The Balaban J connectivity index is 3.37. The van der Waals surface area contributed by atoms with E-state index in [4.69, 9.17) is 15.0 Å². The van der Waals surface area contributed by atoms with Crippen LogP contribution in [0.3, 0.4) is 0 Å². The van der Waals surface area contributed by atoms with Crippen molar-refractivity contribution in [2.75, 3.05) is 14.9 Å². The first-order valence-electron chi connectivity index (χ1n) is 2.73. The third kappa shape index (κ3) is 5.25. The van der Waals surface area contributed by atoms with Crippen LogP contribution in [-0.4, -0.2) is 24.3 Å². The first-order valence-corrected chi connectivity index (χ1v) is 7.28. The minimum absolute atomic E-state index is 0.140. The van der Waals surface area contributed by atoms with E-state index in [1.54, 1.807) is 6.92 Å². The van der Waals surface area contributed by atoms with E-state index in [9.17, 15) is 4.79 Å². The average Bonchev–Trinajstić information content (AvgIpc) is 1.88. The predicted molar refractivity (Wildman–Crippen MR) is 48.5 cm³/mol. The third-order valence-corrected chi connectivity index (χ3v) is 4.42. The van der Waals surface area contributed by atoms with Crippen LogP contribution < -0.4 is 0 Å². The molecular formula is C5H10ClIO3. The van der Waals surface area contributed by atoms with Crippen molar-refractivity contribution >= 4 is 37.8 Å². The Morgan fingerprint density at radius 1 is 1.80 bits per heavy atom. The van der Waals surface area contributed by atoms with Crippen molar-refractivity contribution in [1.82, 2.24) is 0 Å². The fourth-order valence-electron chi connectivity index (χ4n) is 0.361. The SMILES string of the molecule is CCOC(=O)CI(O)CCl. The normalized spacial score (nSPS) is 10.9. The fraction of sp³-hybridized carbons (Fsp3) is 0.800. The first-order chi connectivity index (χ1) is 4.70. The molecule has 3 nitrogen and oxygen atoms in total. The number of halogens is 2. The quantitative estimate of drug-likeness (QED) is 0.477. The van der Waals surface area contributed by atoms with E-state index in [0.29, 0.717) is 6.61 Å². The monoisotopic (exact) mass is 280 g/mol. The summed E-state index contributed by atoms with van der Waals surface area (Å²) in [5.74, 6) is -0.337. The van der Waals surface area contributed by atoms with Crippen molar-refractivity contribution in [3.05, 3.63) is 0 Å². The van der Waals surface area contributed by atoms with Gasteiger partial charge in [0.15, 0.2) is 0 Å². The Kier molecular flexibility index (Phi) is 6.46. The van der Waals surface area contributed by atoms with Gasteiger partial charge in [-0.05, 0) is 0 Å². The van der Waals surface area contributed by atoms with Crippen molar-refractivity contribution in [2.45, 2.75) is 6.92 Å². The summed E-state index contributed by atoms with van der Waals surface area (Å²) >= 11 is 3.17. The van der Waals surface area contributed by atoms with Crippen LogP contribution in [0.25, 0.3) is 0 Å². The molecule has 0 unspecified atom stereocenters. The molecule has 0 aliphatic carbocycles. The topological polar surface area (TPSA) is 46.5 Å². The molecule has 0 heterocycles. The summed E-state index contributed by atoms with van der Waals surface area (Å²) in [4.78, 5) is 10.6. The van der Waals surface area contributed by atoms with E-state index in [1.807, 2.05) is 0 Å². The molecule has 62 valence electrons. The molecule has 0 spiro atoms. The summed E-state index contributed by atoms with van der Waals surface area (Å²) < 4.78 is 13.9. The zero-order valence-electron chi connectivity index (χ0n) is 5.64. The van der Waals surface area contributed by atoms with Crippen molar-refractivity contribution in [3.8, 4) is 0 Å². The molecule has 0 atom stereocenters. The summed E-state index contributed by atoms with van der Waals surface area (Å²) in [5, 5.41) is 0. The number of ether oxygens (including phenoxy) is 1. The van der Waals surface area contributed by atoms with Gasteiger partial charge in [0.25, 0.3) is 0 Å². The van der Waals surface area contributed by atoms with E-state index in [-0.39, 0.29) is 14.3 Å². The van der Waals surface area contributed by atoms with Gasteiger partial charge < -0.3 is 0 Å². The molecule has 0 aromatic carbocycles. The van der Waals surface area contributed by atoms with Crippen LogP contribution in [0, 0.1) is 0 Å². The Morgan fingerprint density at radius 3 is 2.80 bits per heavy atom. The van der Waals surface area contributed by atoms with Crippen LogP contribution >= 0.6 is 31.8 Å². The number of carbonyl (C=O) groups excluding carboxylic acids is 1. The molecule has 0 bridgehead atoms. The summed E-state index contributed by atoms with van der Waals surface area (Å²) in [6.07, 6.45) is 0. The average molecular weight is 280 g/mol. The van der Waals surface area contributed by atoms with Crippen LogP contribution in [0.4, 0.5) is 0 Å². The molecule has 0 rings (SSSR count). The molecule has 0 saturated heterocycles. The van der Waals surface area contributed by atoms with Crippen molar-refractivity contribution in [3.63, 3.8) is 0 Å². The summed E-state index contributed by atoms with van der Waals surface area (Å²) in [6.45, 7) is 2.10. The molecule has 5 heteroatoms. The number of alkyl halides is 3. The number of esters is 1. The summed E-state index contributed by atoms with van der Waals surface area (Å²) in [7, 11) is 0. The Morgan fingerprint density at radius 2 is 2.40 bits per heavy atom. The van der Waals surface area contributed by atoms with Crippen molar-refractivity contribution < 1.29 is 13.0 Å². The van der Waals surface area contributed by atoms with Crippen molar-refractivity contribution in [2.24, 2.45) is 0 Å². The Hall–Kier alpha value is 0.450. The van der Waals surface area contributed by atoms with Crippen LogP contribution in [0.2, 0.25) is 0 Å². The van der Waals surface area contributed by atoms with Gasteiger partial charge in [0, 0.05) is 0 Å². The van der Waals surface area contributed by atoms with Gasteiger partial charge in [-0.2, -0.15) is 0 Å². The fourth-order valence-corrected chi connectivity index (χ4v) is 1.98. The summed E-state index contributed by atoms with van der Waals surface area (Å²) in [6, 6.07) is 0. The van der Waals surface area contributed by atoms with E-state index >= 15 is 0 Å². The van der Waals surface area contributed by atoms with E-state index < -0.39 is 20.2 Å². The molecule has 10 heavy (non-hydrogen) atoms. The van der Waals surface area contributed by atoms with E-state index in [2.05, 4.69) is 4.74 Å². The number of carbonyl (C=O) groups is 1. The van der Waals surface area contributed by atoms with Crippen LogP contribution in [0.1, 0.15) is 6.92 Å². The van der Waals surface area contributed by atoms with Gasteiger partial charge >= 0.3 is 72.6 Å². The Bertz CT molecular complexity index is 109. The predicted octanol–water partition coefficient (Wildman–Crippen LogP) is 1.16. The maximum absolute atomic E-state index is 10.6. The minimum atomic E-state index is -2.13. The van der Waals surface area contributed by atoms with Gasteiger partial charge in [0.1, 0.15) is 0 Å². The molecule has 0 aromatic heterocycles. The number of rotatable bonds is 4. The molecule has 0 radical (unpaired) electrons. The molecule has 0 aliphatic rings. The third-order valence-electron chi connectivity index (χ3n) is 0.685. The van der Waals surface area contributed by atoms with Crippen molar-refractivity contribution in [1.29, 1.82) is 0 Å². The Labute approximate surface area is 72.6 Å². The first kappa shape index (κ1) is 10.4. The molecule has 0 aromatic rings. The zero-order chi connectivity index (χ0) is 7.98. The molecule has 1 N–H and O–H groups in total. The van der Waals surface area contributed by atoms with Gasteiger partial charge in [-0.15, -0.1) is 0 Å². The van der Waals surface area contributed by atoms with Gasteiger partial charge in [0.05, 0.1) is 0 Å². The van der Waals surface area contributed by atoms with Gasteiger partial charge in [0.2, 0.25) is 0 Å². The van der Waals surface area contributed by atoms with Gasteiger partial charge in [-0.3, -0.25) is 0 Å². The van der Waals surface area contributed by atoms with E-state index in [1.165, 1.54) is 0 Å². The number of hydrogen-bond donors (Lipinski definition) is 1. The maximum atomic E-state index is 10.6. The standard InChI is InChI=1S/C5H10ClIO3/c1-2-10-5(8)3-7(9)4-6/h9H,2-4H2,1H3. The molecule has 0 saturated carbocycles. The zero-order valence-corrected chi connectivity index (χ0v) is 8.55. The summed E-state index contributed by atoms with van der Waals surface area (Å²) in [5.41, 5.74) is 0. The molecule has 0 fully saturated rings. The van der Waals surface area contributed by atoms with E-state index in [0.717, 1.165) is 0 Å². The van der Waals surface area contributed by atoms with Gasteiger partial charge in [-0.25, -0.2) is 0 Å². The molecule has 0 amide bonds. The molecule has 0 aliphatic heterocycles. The van der Waals surface area contributed by atoms with Gasteiger partial charge in [-0.1, -0.05) is 0 Å². The second-order valence-corrected chi connectivity index (χ2v) is 6.61. The second-order valence-electron chi connectivity index (χ2n) is 1.47. The number of hydrogen-bond acceptors (Lipinski definition) is 3. The van der Waals surface area contributed by atoms with Crippen LogP contribution in [0.15, 0.2) is 0 Å². The van der Waals surface area contributed by atoms with Crippen LogP contribution in [-0.2, 0) is 9.53 Å². The van der Waals surface area contributed by atoms with Crippen LogP contribution in [0.5, 0.6) is 0 Å².